The molecule has 0 radical (unpaired) electrons. The fourth-order valence-corrected chi connectivity index (χ4v) is 2.53. The van der Waals surface area contributed by atoms with Gasteiger partial charge in [0, 0.05) is 41.8 Å². The van der Waals surface area contributed by atoms with Crippen molar-refractivity contribution in [2.45, 2.75) is 13.5 Å². The highest BCUT2D eigenvalue weighted by atomic mass is 19.1. The molecular weight excluding hydrogens is 303 g/mol. The van der Waals surface area contributed by atoms with E-state index in [1.165, 1.54) is 6.07 Å². The zero-order chi connectivity index (χ0) is 17.1. The van der Waals surface area contributed by atoms with Crippen molar-refractivity contribution in [2.24, 2.45) is 0 Å². The summed E-state index contributed by atoms with van der Waals surface area (Å²) < 4.78 is 14.3. The molecule has 3 aromatic rings. The lowest BCUT2D eigenvalue weighted by molar-refractivity contribution is 0.392. The Labute approximate surface area is 141 Å². The van der Waals surface area contributed by atoms with E-state index in [2.05, 4.69) is 15.0 Å². The molecule has 0 saturated heterocycles. The van der Waals surface area contributed by atoms with Gasteiger partial charge < -0.3 is 4.90 Å². The molecule has 0 fully saturated rings. The van der Waals surface area contributed by atoms with Crippen molar-refractivity contribution in [3.8, 4) is 22.6 Å². The first-order valence-corrected chi connectivity index (χ1v) is 7.72. The van der Waals surface area contributed by atoms with Crippen LogP contribution in [0, 0.1) is 12.7 Å². The van der Waals surface area contributed by atoms with Gasteiger partial charge in [0.15, 0.2) is 5.82 Å². The van der Waals surface area contributed by atoms with Crippen LogP contribution in [0.3, 0.4) is 0 Å². The smallest absolute Gasteiger partial charge is 0.159 e. The SMILES string of the molecule is Cc1cnc(-c2ccc(CN(C)C)c(F)c2)nc1-c1cccnc1. The van der Waals surface area contributed by atoms with Crippen molar-refractivity contribution in [1.82, 2.24) is 19.9 Å². The van der Waals surface area contributed by atoms with Gasteiger partial charge in [-0.25, -0.2) is 14.4 Å². The number of rotatable bonds is 4. The fourth-order valence-electron chi connectivity index (χ4n) is 2.53. The maximum atomic E-state index is 14.3. The number of hydrogen-bond donors (Lipinski definition) is 0. The van der Waals surface area contributed by atoms with Crippen LogP contribution in [0.2, 0.25) is 0 Å². The summed E-state index contributed by atoms with van der Waals surface area (Å²) in [4.78, 5) is 15.0. The monoisotopic (exact) mass is 322 g/mol. The van der Waals surface area contributed by atoms with Crippen LogP contribution in [0.5, 0.6) is 0 Å². The molecule has 2 heterocycles. The minimum Gasteiger partial charge on any atom is -0.305 e. The number of aryl methyl sites for hydroxylation is 1. The Bertz CT molecular complexity index is 847. The first kappa shape index (κ1) is 16.2. The van der Waals surface area contributed by atoms with Crippen molar-refractivity contribution in [2.75, 3.05) is 14.1 Å². The summed E-state index contributed by atoms with van der Waals surface area (Å²) in [6.07, 6.45) is 5.25. The average Bonchev–Trinajstić information content (AvgIpc) is 2.57. The van der Waals surface area contributed by atoms with E-state index < -0.39 is 0 Å². The van der Waals surface area contributed by atoms with Crippen LogP contribution >= 0.6 is 0 Å². The minimum absolute atomic E-state index is 0.242. The Hall–Kier alpha value is -2.66. The molecule has 0 aliphatic carbocycles. The zero-order valence-electron chi connectivity index (χ0n) is 14.0. The molecule has 0 saturated carbocycles. The molecule has 0 bridgehead atoms. The van der Waals surface area contributed by atoms with E-state index in [1.54, 1.807) is 24.7 Å². The van der Waals surface area contributed by atoms with Gasteiger partial charge in [-0.1, -0.05) is 12.1 Å². The molecule has 24 heavy (non-hydrogen) atoms. The number of benzene rings is 1. The Kier molecular flexibility index (Phi) is 4.62. The molecule has 1 aromatic carbocycles. The van der Waals surface area contributed by atoms with Crippen LogP contribution in [-0.4, -0.2) is 33.9 Å². The highest BCUT2D eigenvalue weighted by Gasteiger charge is 2.11. The van der Waals surface area contributed by atoms with Crippen LogP contribution in [0.15, 0.2) is 48.9 Å². The van der Waals surface area contributed by atoms with Gasteiger partial charge in [0.05, 0.1) is 5.69 Å². The third kappa shape index (κ3) is 3.46. The van der Waals surface area contributed by atoms with E-state index in [0.29, 0.717) is 23.5 Å². The normalized spacial score (nSPS) is 11.0. The van der Waals surface area contributed by atoms with Gasteiger partial charge in [0.2, 0.25) is 0 Å². The lowest BCUT2D eigenvalue weighted by atomic mass is 10.1. The Morgan fingerprint density at radius 2 is 1.92 bits per heavy atom. The van der Waals surface area contributed by atoms with E-state index >= 15 is 0 Å². The largest absolute Gasteiger partial charge is 0.305 e. The highest BCUT2D eigenvalue weighted by molar-refractivity contribution is 5.65. The van der Waals surface area contributed by atoms with Gasteiger partial charge in [-0.15, -0.1) is 0 Å². The molecule has 0 amide bonds. The third-order valence-corrected chi connectivity index (χ3v) is 3.70. The predicted octanol–water partition coefficient (Wildman–Crippen LogP) is 3.71. The summed E-state index contributed by atoms with van der Waals surface area (Å²) in [5.74, 6) is 0.267. The van der Waals surface area contributed by atoms with Crippen molar-refractivity contribution in [1.29, 1.82) is 0 Å². The van der Waals surface area contributed by atoms with Crippen LogP contribution < -0.4 is 0 Å². The van der Waals surface area contributed by atoms with Gasteiger partial charge >= 0.3 is 0 Å². The Morgan fingerprint density at radius 3 is 2.58 bits per heavy atom. The average molecular weight is 322 g/mol. The van der Waals surface area contributed by atoms with Crippen molar-refractivity contribution < 1.29 is 4.39 Å². The second-order valence-corrected chi connectivity index (χ2v) is 6.01. The fraction of sp³-hybridized carbons (Fsp3) is 0.211. The van der Waals surface area contributed by atoms with E-state index in [9.17, 15) is 4.39 Å². The van der Waals surface area contributed by atoms with Crippen LogP contribution in [0.1, 0.15) is 11.1 Å². The molecule has 0 unspecified atom stereocenters. The van der Waals surface area contributed by atoms with Crippen molar-refractivity contribution in [3.05, 3.63) is 65.9 Å². The maximum absolute atomic E-state index is 14.3. The highest BCUT2D eigenvalue weighted by Crippen LogP contribution is 2.24. The first-order chi connectivity index (χ1) is 11.5. The van der Waals surface area contributed by atoms with Crippen LogP contribution in [0.4, 0.5) is 4.39 Å². The van der Waals surface area contributed by atoms with Crippen LogP contribution in [0.25, 0.3) is 22.6 Å². The second-order valence-electron chi connectivity index (χ2n) is 6.01. The predicted molar refractivity (Wildman–Crippen MR) is 92.8 cm³/mol. The summed E-state index contributed by atoms with van der Waals surface area (Å²) in [5.41, 5.74) is 4.01. The molecular formula is C19H19FN4. The Morgan fingerprint density at radius 1 is 1.08 bits per heavy atom. The van der Waals surface area contributed by atoms with Gasteiger partial charge in [0.1, 0.15) is 5.82 Å². The molecule has 2 aromatic heterocycles. The van der Waals surface area contributed by atoms with Gasteiger partial charge in [0.25, 0.3) is 0 Å². The second kappa shape index (κ2) is 6.84. The van der Waals surface area contributed by atoms with E-state index in [0.717, 1.165) is 16.8 Å². The van der Waals surface area contributed by atoms with E-state index in [4.69, 9.17) is 0 Å². The molecule has 5 heteroatoms. The lowest BCUT2D eigenvalue weighted by Gasteiger charge is -2.12. The number of hydrogen-bond acceptors (Lipinski definition) is 4. The van der Waals surface area contributed by atoms with Crippen LogP contribution in [-0.2, 0) is 6.54 Å². The molecule has 0 atom stereocenters. The molecule has 0 spiro atoms. The van der Waals surface area contributed by atoms with E-state index in [1.807, 2.05) is 44.1 Å². The molecule has 0 aliphatic heterocycles. The summed E-state index contributed by atoms with van der Waals surface area (Å²) in [6, 6.07) is 8.97. The molecule has 0 N–H and O–H groups in total. The molecule has 0 aliphatic rings. The molecule has 3 rings (SSSR count). The number of pyridine rings is 1. The van der Waals surface area contributed by atoms with Crippen molar-refractivity contribution in [3.63, 3.8) is 0 Å². The minimum atomic E-state index is -0.242. The third-order valence-electron chi connectivity index (χ3n) is 3.70. The van der Waals surface area contributed by atoms with Crippen molar-refractivity contribution >= 4 is 0 Å². The summed E-state index contributed by atoms with van der Waals surface area (Å²) in [6.45, 7) is 2.51. The lowest BCUT2D eigenvalue weighted by Crippen LogP contribution is -2.12. The number of halogens is 1. The topological polar surface area (TPSA) is 41.9 Å². The van der Waals surface area contributed by atoms with Gasteiger partial charge in [-0.05, 0) is 44.8 Å². The van der Waals surface area contributed by atoms with Gasteiger partial charge in [-0.3, -0.25) is 4.98 Å². The quantitative estimate of drug-likeness (QED) is 0.734. The summed E-state index contributed by atoms with van der Waals surface area (Å²) in [5, 5.41) is 0. The molecule has 4 nitrogen and oxygen atoms in total. The van der Waals surface area contributed by atoms with Gasteiger partial charge in [-0.2, -0.15) is 0 Å². The van der Waals surface area contributed by atoms with E-state index in [-0.39, 0.29) is 5.82 Å². The number of aromatic nitrogens is 3. The zero-order valence-corrected chi connectivity index (χ0v) is 14.0. The molecule has 122 valence electrons. The Balaban J connectivity index is 2.00. The summed E-state index contributed by atoms with van der Waals surface area (Å²) >= 11 is 0. The standard InChI is InChI=1S/C19H19FN4/c1-13-10-22-19(23-18(13)15-5-4-8-21-11-15)14-6-7-16(12-24(2)3)17(20)9-14/h4-11H,12H2,1-3H3. The number of nitrogens with zero attached hydrogens (tertiary/aromatic N) is 4. The summed E-state index contributed by atoms with van der Waals surface area (Å²) in [7, 11) is 3.83. The maximum Gasteiger partial charge on any atom is 0.159 e. The first-order valence-electron chi connectivity index (χ1n) is 7.72.